The van der Waals surface area contributed by atoms with Crippen molar-refractivity contribution in [1.82, 2.24) is 19.4 Å². The number of ether oxygens (including phenoxy) is 1. The zero-order valence-electron chi connectivity index (χ0n) is 23.4. The fourth-order valence-electron chi connectivity index (χ4n) is 5.93. The molecule has 0 unspecified atom stereocenters. The SMILES string of the molecule is COc1ccc(Cn2c(C)c(C)c3cc(C(=O)N4CCN(C)CC4)nc(N4CCc5ccccc5C4)c32)cc1. The number of nitrogens with zero attached hydrogens (tertiary/aromatic N) is 5. The topological polar surface area (TPSA) is 53.8 Å². The molecule has 2 aliphatic heterocycles. The minimum atomic E-state index is 0.0311. The zero-order chi connectivity index (χ0) is 27.1. The van der Waals surface area contributed by atoms with Crippen LogP contribution in [0.2, 0.25) is 0 Å². The van der Waals surface area contributed by atoms with Crippen molar-refractivity contribution in [3.8, 4) is 5.75 Å². The molecule has 0 radical (unpaired) electrons. The van der Waals surface area contributed by atoms with Crippen LogP contribution in [0.4, 0.5) is 5.82 Å². The van der Waals surface area contributed by atoms with Gasteiger partial charge in [-0.3, -0.25) is 4.79 Å². The molecular formula is C32H37N5O2. The summed E-state index contributed by atoms with van der Waals surface area (Å²) in [5.41, 5.74) is 7.98. The van der Waals surface area contributed by atoms with Crippen LogP contribution < -0.4 is 9.64 Å². The first-order valence-corrected chi connectivity index (χ1v) is 13.9. The minimum absolute atomic E-state index is 0.0311. The molecule has 7 nitrogen and oxygen atoms in total. The van der Waals surface area contributed by atoms with Gasteiger partial charge in [0.15, 0.2) is 5.82 Å². The van der Waals surface area contributed by atoms with Gasteiger partial charge < -0.3 is 24.0 Å². The van der Waals surface area contributed by atoms with Gasteiger partial charge in [-0.25, -0.2) is 4.98 Å². The van der Waals surface area contributed by atoms with Gasteiger partial charge in [0, 0.05) is 56.9 Å². The van der Waals surface area contributed by atoms with Crippen molar-refractivity contribution in [3.63, 3.8) is 0 Å². The lowest BCUT2D eigenvalue weighted by molar-refractivity contribution is 0.0658. The van der Waals surface area contributed by atoms with E-state index in [0.29, 0.717) is 5.69 Å². The second kappa shape index (κ2) is 10.4. The van der Waals surface area contributed by atoms with E-state index in [1.165, 1.54) is 27.9 Å². The molecule has 0 N–H and O–H groups in total. The van der Waals surface area contributed by atoms with Crippen LogP contribution in [0.1, 0.15) is 38.4 Å². The number of anilines is 1. The molecule has 2 aromatic carbocycles. The fraction of sp³-hybridized carbons (Fsp3) is 0.375. The smallest absolute Gasteiger partial charge is 0.272 e. The Morgan fingerprint density at radius 1 is 0.949 bits per heavy atom. The third-order valence-electron chi connectivity index (χ3n) is 8.54. The molecule has 0 saturated carbocycles. The van der Waals surface area contributed by atoms with Gasteiger partial charge in [0.05, 0.1) is 12.6 Å². The highest BCUT2D eigenvalue weighted by molar-refractivity contribution is 6.01. The Bertz CT molecular complexity index is 1520. The summed E-state index contributed by atoms with van der Waals surface area (Å²) in [6.45, 7) is 9.98. The molecule has 1 saturated heterocycles. The number of hydrogen-bond donors (Lipinski definition) is 0. The number of carbonyl (C=O) groups excluding carboxylic acids is 1. The number of pyridine rings is 1. The average Bonchev–Trinajstić information content (AvgIpc) is 3.21. The summed E-state index contributed by atoms with van der Waals surface area (Å²) < 4.78 is 7.75. The Labute approximate surface area is 230 Å². The molecule has 202 valence electrons. The first-order chi connectivity index (χ1) is 18.9. The van der Waals surface area contributed by atoms with E-state index in [2.05, 4.69) is 71.7 Å². The van der Waals surface area contributed by atoms with E-state index < -0.39 is 0 Å². The number of fused-ring (bicyclic) bond motifs is 2. The zero-order valence-corrected chi connectivity index (χ0v) is 23.4. The highest BCUT2D eigenvalue weighted by atomic mass is 16.5. The van der Waals surface area contributed by atoms with Gasteiger partial charge in [-0.2, -0.15) is 0 Å². The van der Waals surface area contributed by atoms with E-state index in [9.17, 15) is 4.79 Å². The Hall–Kier alpha value is -3.84. The van der Waals surface area contributed by atoms with E-state index in [0.717, 1.165) is 74.7 Å². The summed E-state index contributed by atoms with van der Waals surface area (Å²) in [6, 6.07) is 19.0. The van der Waals surface area contributed by atoms with Crippen molar-refractivity contribution >= 4 is 22.6 Å². The first kappa shape index (κ1) is 25.4. The molecule has 1 amide bonds. The maximum atomic E-state index is 13.7. The van der Waals surface area contributed by atoms with Crippen LogP contribution in [0.25, 0.3) is 10.9 Å². The lowest BCUT2D eigenvalue weighted by Gasteiger charge is -2.33. The molecule has 2 aromatic heterocycles. The highest BCUT2D eigenvalue weighted by Crippen LogP contribution is 2.36. The van der Waals surface area contributed by atoms with E-state index in [4.69, 9.17) is 9.72 Å². The second-order valence-corrected chi connectivity index (χ2v) is 10.9. The third kappa shape index (κ3) is 4.76. The third-order valence-corrected chi connectivity index (χ3v) is 8.54. The quantitative estimate of drug-likeness (QED) is 0.381. The maximum Gasteiger partial charge on any atom is 0.272 e. The molecule has 0 aliphatic carbocycles. The molecule has 0 bridgehead atoms. The van der Waals surface area contributed by atoms with Crippen molar-refractivity contribution in [2.45, 2.75) is 33.4 Å². The molecular weight excluding hydrogens is 486 g/mol. The molecule has 4 heterocycles. The van der Waals surface area contributed by atoms with Gasteiger partial charge in [0.1, 0.15) is 11.4 Å². The van der Waals surface area contributed by atoms with Crippen molar-refractivity contribution in [1.29, 1.82) is 0 Å². The van der Waals surface area contributed by atoms with E-state index >= 15 is 0 Å². The Balaban J connectivity index is 1.47. The van der Waals surface area contributed by atoms with Crippen molar-refractivity contribution < 1.29 is 9.53 Å². The van der Waals surface area contributed by atoms with Gasteiger partial charge in [-0.1, -0.05) is 36.4 Å². The van der Waals surface area contributed by atoms with Gasteiger partial charge in [0.2, 0.25) is 0 Å². The largest absolute Gasteiger partial charge is 0.497 e. The summed E-state index contributed by atoms with van der Waals surface area (Å²) in [5.74, 6) is 1.79. The molecule has 2 aliphatic rings. The van der Waals surface area contributed by atoms with Gasteiger partial charge in [-0.05, 0) is 67.8 Å². The monoisotopic (exact) mass is 523 g/mol. The Morgan fingerprint density at radius 3 is 2.38 bits per heavy atom. The standard InChI is InChI=1S/C32H37N5O2/c1-22-23(2)37(20-24-9-11-27(39-4)12-10-24)30-28(22)19-29(32(38)35-17-15-34(3)16-18-35)33-31(30)36-14-13-25-7-5-6-8-26(25)21-36/h5-12,19H,13-18,20-21H2,1-4H3. The predicted octanol–water partition coefficient (Wildman–Crippen LogP) is 4.66. The minimum Gasteiger partial charge on any atom is -0.497 e. The van der Waals surface area contributed by atoms with Crippen molar-refractivity contribution in [2.24, 2.45) is 0 Å². The van der Waals surface area contributed by atoms with Crippen LogP contribution >= 0.6 is 0 Å². The number of likely N-dealkylation sites (N-methyl/N-ethyl adjacent to an activating group) is 1. The van der Waals surface area contributed by atoms with Gasteiger partial charge >= 0.3 is 0 Å². The Morgan fingerprint density at radius 2 is 1.67 bits per heavy atom. The Kier molecular flexibility index (Phi) is 6.77. The first-order valence-electron chi connectivity index (χ1n) is 13.9. The molecule has 6 rings (SSSR count). The number of piperazine rings is 1. The number of carbonyl (C=O) groups is 1. The summed E-state index contributed by atoms with van der Waals surface area (Å²) in [6.07, 6.45) is 0.965. The number of aromatic nitrogens is 2. The van der Waals surface area contributed by atoms with E-state index in [1.807, 2.05) is 23.1 Å². The normalized spacial score (nSPS) is 16.0. The number of aryl methyl sites for hydroxylation is 1. The number of rotatable bonds is 5. The van der Waals surface area contributed by atoms with Crippen LogP contribution in [0.3, 0.4) is 0 Å². The van der Waals surface area contributed by atoms with Gasteiger partial charge in [0.25, 0.3) is 5.91 Å². The number of hydrogen-bond acceptors (Lipinski definition) is 5. The highest BCUT2D eigenvalue weighted by Gasteiger charge is 2.28. The number of benzene rings is 2. The predicted molar refractivity (Wildman–Crippen MR) is 156 cm³/mol. The molecule has 4 aromatic rings. The van der Waals surface area contributed by atoms with Crippen molar-refractivity contribution in [3.05, 3.63) is 88.2 Å². The molecule has 0 atom stereocenters. The van der Waals surface area contributed by atoms with E-state index in [-0.39, 0.29) is 5.91 Å². The van der Waals surface area contributed by atoms with E-state index in [1.54, 1.807) is 7.11 Å². The number of methoxy groups -OCH3 is 1. The van der Waals surface area contributed by atoms with Gasteiger partial charge in [-0.15, -0.1) is 0 Å². The van der Waals surface area contributed by atoms with Crippen LogP contribution in [-0.4, -0.2) is 72.1 Å². The summed E-state index contributed by atoms with van der Waals surface area (Å²) in [7, 11) is 3.80. The molecule has 7 heteroatoms. The van der Waals surface area contributed by atoms with Crippen LogP contribution in [0.15, 0.2) is 54.6 Å². The van der Waals surface area contributed by atoms with Crippen molar-refractivity contribution in [2.75, 3.05) is 51.8 Å². The summed E-state index contributed by atoms with van der Waals surface area (Å²) >= 11 is 0. The summed E-state index contributed by atoms with van der Waals surface area (Å²) in [4.78, 5) is 25.5. The molecule has 39 heavy (non-hydrogen) atoms. The fourth-order valence-corrected chi connectivity index (χ4v) is 5.93. The molecule has 1 fully saturated rings. The second-order valence-electron chi connectivity index (χ2n) is 10.9. The lowest BCUT2D eigenvalue weighted by atomic mass is 10.00. The van der Waals surface area contributed by atoms with Crippen LogP contribution in [0.5, 0.6) is 5.75 Å². The van der Waals surface area contributed by atoms with Crippen LogP contribution in [-0.2, 0) is 19.5 Å². The number of amides is 1. The van der Waals surface area contributed by atoms with Crippen LogP contribution in [0, 0.1) is 13.8 Å². The molecule has 0 spiro atoms. The lowest BCUT2D eigenvalue weighted by Crippen LogP contribution is -2.47. The summed E-state index contributed by atoms with van der Waals surface area (Å²) in [5, 5.41) is 1.11. The average molecular weight is 524 g/mol. The maximum absolute atomic E-state index is 13.7.